The number of nitrogens with zero attached hydrogens (tertiary/aromatic N) is 4. The summed E-state index contributed by atoms with van der Waals surface area (Å²) in [6.07, 6.45) is -0.215. The normalized spacial score (nSPS) is 12.1. The summed E-state index contributed by atoms with van der Waals surface area (Å²) in [6.45, 7) is 1.61. The summed E-state index contributed by atoms with van der Waals surface area (Å²) >= 11 is 0. The molecule has 1 aromatic carbocycles. The van der Waals surface area contributed by atoms with E-state index in [9.17, 15) is 22.8 Å². The molecule has 0 aliphatic rings. The van der Waals surface area contributed by atoms with Crippen molar-refractivity contribution in [3.63, 3.8) is 0 Å². The molecule has 0 aliphatic heterocycles. The van der Waals surface area contributed by atoms with Gasteiger partial charge in [-0.2, -0.15) is 13.2 Å². The van der Waals surface area contributed by atoms with Crippen LogP contribution in [0.3, 0.4) is 0 Å². The van der Waals surface area contributed by atoms with E-state index < -0.39 is 35.3 Å². The van der Waals surface area contributed by atoms with Crippen LogP contribution in [-0.4, -0.2) is 31.9 Å². The van der Waals surface area contributed by atoms with E-state index in [4.69, 9.17) is 10.3 Å². The SMILES string of the molecule is C[C@H](NC(=O)c1cc(-c2cccnc2)ncn1)c1cc(C(=O)Nc2ccc(N)c(C(F)(F)F)c2)on1. The molecule has 3 aromatic heterocycles. The molecule has 1 atom stereocenters. The monoisotopic (exact) mass is 497 g/mol. The van der Waals surface area contributed by atoms with E-state index in [0.717, 1.165) is 12.1 Å². The molecule has 36 heavy (non-hydrogen) atoms. The predicted octanol–water partition coefficient (Wildman–Crippen LogP) is 3.87. The minimum atomic E-state index is -4.68. The standard InChI is InChI=1S/C23H18F3N7O3/c1-12(31-21(34)19-8-18(29-11-30-19)13-3-2-6-28-10-13)17-9-20(36-33-17)22(35)32-14-4-5-16(27)15(7-14)23(24,25)26/h2-12H,27H2,1H3,(H,31,34)(H,32,35)/t12-/m0/s1. The van der Waals surface area contributed by atoms with Crippen molar-refractivity contribution in [1.82, 2.24) is 25.4 Å². The summed E-state index contributed by atoms with van der Waals surface area (Å²) in [6, 6.07) is 8.59. The van der Waals surface area contributed by atoms with Gasteiger partial charge in [-0.1, -0.05) is 5.16 Å². The minimum absolute atomic E-state index is 0.0981. The lowest BCUT2D eigenvalue weighted by atomic mass is 10.1. The van der Waals surface area contributed by atoms with Gasteiger partial charge in [-0.25, -0.2) is 9.97 Å². The molecule has 4 rings (SSSR count). The zero-order valence-electron chi connectivity index (χ0n) is 18.6. The molecule has 0 bridgehead atoms. The smallest absolute Gasteiger partial charge is 0.398 e. The van der Waals surface area contributed by atoms with Gasteiger partial charge in [0.1, 0.15) is 17.7 Å². The van der Waals surface area contributed by atoms with Crippen LogP contribution in [0.15, 0.2) is 65.7 Å². The van der Waals surface area contributed by atoms with Crippen molar-refractivity contribution in [1.29, 1.82) is 0 Å². The van der Waals surface area contributed by atoms with Gasteiger partial charge in [-0.15, -0.1) is 0 Å². The molecule has 4 aromatic rings. The van der Waals surface area contributed by atoms with E-state index in [-0.39, 0.29) is 22.8 Å². The number of pyridine rings is 1. The largest absolute Gasteiger partial charge is 0.418 e. The lowest BCUT2D eigenvalue weighted by Crippen LogP contribution is -2.27. The van der Waals surface area contributed by atoms with Crippen molar-refractivity contribution in [3.8, 4) is 11.3 Å². The molecule has 0 spiro atoms. The number of anilines is 2. The number of hydrogen-bond donors (Lipinski definition) is 3. The number of hydrogen-bond acceptors (Lipinski definition) is 8. The van der Waals surface area contributed by atoms with E-state index in [1.165, 1.54) is 24.5 Å². The summed E-state index contributed by atoms with van der Waals surface area (Å²) in [7, 11) is 0. The van der Waals surface area contributed by atoms with E-state index >= 15 is 0 Å². The Bertz CT molecular complexity index is 1410. The second kappa shape index (κ2) is 9.82. The van der Waals surface area contributed by atoms with Gasteiger partial charge in [-0.3, -0.25) is 14.6 Å². The van der Waals surface area contributed by atoms with E-state index in [1.54, 1.807) is 31.5 Å². The zero-order chi connectivity index (χ0) is 25.9. The summed E-state index contributed by atoms with van der Waals surface area (Å²) in [5.74, 6) is -1.62. The van der Waals surface area contributed by atoms with E-state index in [1.807, 2.05) is 0 Å². The maximum absolute atomic E-state index is 13.1. The Morgan fingerprint density at radius 3 is 2.61 bits per heavy atom. The van der Waals surface area contributed by atoms with Gasteiger partial charge in [0, 0.05) is 35.4 Å². The first kappa shape index (κ1) is 24.3. The van der Waals surface area contributed by atoms with Crippen LogP contribution in [0.2, 0.25) is 0 Å². The third kappa shape index (κ3) is 5.46. The first-order chi connectivity index (χ1) is 17.1. The van der Waals surface area contributed by atoms with Crippen LogP contribution in [0.25, 0.3) is 11.3 Å². The molecule has 0 unspecified atom stereocenters. The van der Waals surface area contributed by atoms with Crippen LogP contribution in [0.4, 0.5) is 24.5 Å². The van der Waals surface area contributed by atoms with E-state index in [0.29, 0.717) is 11.3 Å². The summed E-state index contributed by atoms with van der Waals surface area (Å²) in [5, 5.41) is 8.76. The molecule has 0 saturated carbocycles. The van der Waals surface area contributed by atoms with Gasteiger partial charge in [0.2, 0.25) is 5.76 Å². The van der Waals surface area contributed by atoms with Crippen molar-refractivity contribution in [2.45, 2.75) is 19.1 Å². The summed E-state index contributed by atoms with van der Waals surface area (Å²) in [5.41, 5.74) is 5.21. The number of rotatable bonds is 6. The number of nitrogens with two attached hydrogens (primary N) is 1. The van der Waals surface area contributed by atoms with Crippen LogP contribution in [0, 0.1) is 0 Å². The molecule has 0 radical (unpaired) electrons. The number of carbonyl (C=O) groups excluding carboxylic acids is 2. The summed E-state index contributed by atoms with van der Waals surface area (Å²) < 4.78 is 44.2. The number of nitrogens with one attached hydrogen (secondary N) is 2. The molecule has 2 amide bonds. The number of carbonyl (C=O) groups is 2. The number of halogens is 3. The predicted molar refractivity (Wildman–Crippen MR) is 121 cm³/mol. The van der Waals surface area contributed by atoms with Crippen molar-refractivity contribution >= 4 is 23.2 Å². The molecular weight excluding hydrogens is 479 g/mol. The molecular formula is C23H18F3N7O3. The molecule has 0 saturated heterocycles. The van der Waals surface area contributed by atoms with Crippen molar-refractivity contribution in [2.24, 2.45) is 0 Å². The Kier molecular flexibility index (Phi) is 6.63. The first-order valence-electron chi connectivity index (χ1n) is 10.4. The van der Waals surface area contributed by atoms with Crippen LogP contribution in [-0.2, 0) is 6.18 Å². The van der Waals surface area contributed by atoms with Crippen LogP contribution >= 0.6 is 0 Å². The second-order valence-electron chi connectivity index (χ2n) is 7.60. The van der Waals surface area contributed by atoms with Gasteiger partial charge < -0.3 is 20.9 Å². The fraction of sp³-hybridized carbons (Fsp3) is 0.130. The van der Waals surface area contributed by atoms with Crippen molar-refractivity contribution in [2.75, 3.05) is 11.1 Å². The maximum Gasteiger partial charge on any atom is 0.418 e. The van der Waals surface area contributed by atoms with Gasteiger partial charge in [0.05, 0.1) is 17.3 Å². The fourth-order valence-electron chi connectivity index (χ4n) is 3.17. The highest BCUT2D eigenvalue weighted by Crippen LogP contribution is 2.35. The highest BCUT2D eigenvalue weighted by Gasteiger charge is 2.33. The fourth-order valence-corrected chi connectivity index (χ4v) is 3.17. The Morgan fingerprint density at radius 2 is 1.89 bits per heavy atom. The third-order valence-corrected chi connectivity index (χ3v) is 5.02. The lowest BCUT2D eigenvalue weighted by Gasteiger charge is -2.12. The number of amides is 2. The highest BCUT2D eigenvalue weighted by molar-refractivity contribution is 6.02. The number of benzene rings is 1. The average molecular weight is 497 g/mol. The van der Waals surface area contributed by atoms with Crippen molar-refractivity contribution in [3.05, 3.63) is 83.9 Å². The molecule has 3 heterocycles. The van der Waals surface area contributed by atoms with Crippen molar-refractivity contribution < 1.29 is 27.3 Å². The highest BCUT2D eigenvalue weighted by atomic mass is 19.4. The quantitative estimate of drug-likeness (QED) is 0.340. The van der Waals surface area contributed by atoms with Gasteiger partial charge in [0.15, 0.2) is 0 Å². The Hall–Kier alpha value is -4.81. The van der Waals surface area contributed by atoms with Gasteiger partial charge in [-0.05, 0) is 43.3 Å². The Labute approximate surface area is 201 Å². The maximum atomic E-state index is 13.1. The van der Waals surface area contributed by atoms with Gasteiger partial charge >= 0.3 is 6.18 Å². The third-order valence-electron chi connectivity index (χ3n) is 5.02. The summed E-state index contributed by atoms with van der Waals surface area (Å²) in [4.78, 5) is 37.3. The number of alkyl halides is 3. The van der Waals surface area contributed by atoms with Crippen LogP contribution in [0.1, 0.15) is 45.3 Å². The molecule has 0 fully saturated rings. The zero-order valence-corrected chi connectivity index (χ0v) is 18.6. The number of aromatic nitrogens is 4. The first-order valence-corrected chi connectivity index (χ1v) is 10.4. The molecule has 13 heteroatoms. The molecule has 4 N–H and O–H groups in total. The van der Waals surface area contributed by atoms with Crippen LogP contribution < -0.4 is 16.4 Å². The second-order valence-corrected chi connectivity index (χ2v) is 7.60. The molecule has 0 aliphatic carbocycles. The number of nitrogen functional groups attached to an aromatic ring is 1. The topological polar surface area (TPSA) is 149 Å². The van der Waals surface area contributed by atoms with Crippen LogP contribution in [0.5, 0.6) is 0 Å². The molecule has 184 valence electrons. The minimum Gasteiger partial charge on any atom is -0.398 e. The Balaban J connectivity index is 1.43. The average Bonchev–Trinajstić information content (AvgIpc) is 3.36. The Morgan fingerprint density at radius 1 is 1.08 bits per heavy atom. The lowest BCUT2D eigenvalue weighted by molar-refractivity contribution is -0.136. The van der Waals surface area contributed by atoms with Gasteiger partial charge in [0.25, 0.3) is 11.8 Å². The molecule has 10 nitrogen and oxygen atoms in total. The van der Waals surface area contributed by atoms with E-state index in [2.05, 4.69) is 30.7 Å².